The molecule has 0 radical (unpaired) electrons. The third-order valence-electron chi connectivity index (χ3n) is 4.97. The van der Waals surface area contributed by atoms with Crippen molar-refractivity contribution >= 4 is 28.8 Å². The van der Waals surface area contributed by atoms with Crippen LogP contribution in [-0.4, -0.2) is 32.7 Å². The van der Waals surface area contributed by atoms with Crippen molar-refractivity contribution in [1.82, 2.24) is 8.87 Å². The molecule has 0 saturated heterocycles. The van der Waals surface area contributed by atoms with Gasteiger partial charge in [0.1, 0.15) is 0 Å². The summed E-state index contributed by atoms with van der Waals surface area (Å²) in [5, 5.41) is 10.8. The molecular weight excluding hydrogens is 332 g/mol. The lowest BCUT2D eigenvalue weighted by atomic mass is 10.0. The van der Waals surface area contributed by atoms with Crippen molar-refractivity contribution in [3.8, 4) is 0 Å². The molecule has 0 spiro atoms. The second-order valence-corrected chi connectivity index (χ2v) is 7.17. The molecule has 2 heterocycles. The average molecular weight is 352 g/mol. The van der Waals surface area contributed by atoms with Crippen LogP contribution in [0.5, 0.6) is 0 Å². The van der Waals surface area contributed by atoms with E-state index < -0.39 is 5.97 Å². The van der Waals surface area contributed by atoms with Crippen LogP contribution in [0, 0.1) is 0 Å². The van der Waals surface area contributed by atoms with E-state index in [-0.39, 0.29) is 0 Å². The van der Waals surface area contributed by atoms with Gasteiger partial charge in [0.05, 0.1) is 5.56 Å². The largest absolute Gasteiger partial charge is 0.478 e. The van der Waals surface area contributed by atoms with Gasteiger partial charge in [0, 0.05) is 36.2 Å². The van der Waals surface area contributed by atoms with Crippen molar-refractivity contribution in [3.63, 3.8) is 0 Å². The van der Waals surface area contributed by atoms with Crippen LogP contribution in [0.3, 0.4) is 0 Å². The van der Waals surface area contributed by atoms with Gasteiger partial charge in [0.15, 0.2) is 0 Å². The topological polar surface area (TPSA) is 45.5 Å². The maximum absolute atomic E-state index is 11.6. The molecule has 0 atom stereocenters. The quantitative estimate of drug-likeness (QED) is 0.720. The molecule has 1 aromatic heterocycles. The fourth-order valence-corrected chi connectivity index (χ4v) is 4.27. The maximum Gasteiger partial charge on any atom is 0.336 e. The summed E-state index contributed by atoms with van der Waals surface area (Å²) in [5.74, 6) is -0.869. The number of carboxylic acids is 1. The number of hydrogen-bond donors (Lipinski definition) is 1. The van der Waals surface area contributed by atoms with Crippen LogP contribution in [0.25, 0.3) is 10.9 Å². The van der Waals surface area contributed by atoms with Gasteiger partial charge in [-0.2, -0.15) is 0 Å². The Labute approximate surface area is 151 Å². The zero-order valence-corrected chi connectivity index (χ0v) is 14.9. The molecule has 25 heavy (non-hydrogen) atoms. The number of aromatic nitrogens is 1. The number of para-hydroxylation sites is 1. The Hall–Kier alpha value is -2.24. The normalized spacial score (nSPS) is 14.6. The molecule has 5 heteroatoms. The van der Waals surface area contributed by atoms with Crippen LogP contribution in [0.2, 0.25) is 0 Å². The SMILES string of the molecule is CSN1CCc2c(n(Cc3ccccc3C(=O)O)c3ccccc23)C1. The average Bonchev–Trinajstić information content (AvgIpc) is 2.95. The molecule has 128 valence electrons. The van der Waals surface area contributed by atoms with Crippen LogP contribution in [0.1, 0.15) is 27.2 Å². The van der Waals surface area contributed by atoms with Gasteiger partial charge < -0.3 is 9.67 Å². The zero-order chi connectivity index (χ0) is 17.4. The highest BCUT2D eigenvalue weighted by Crippen LogP contribution is 2.33. The van der Waals surface area contributed by atoms with E-state index in [1.807, 2.05) is 12.1 Å². The highest BCUT2D eigenvalue weighted by Gasteiger charge is 2.24. The molecule has 1 aliphatic rings. The van der Waals surface area contributed by atoms with Crippen molar-refractivity contribution < 1.29 is 9.90 Å². The summed E-state index contributed by atoms with van der Waals surface area (Å²) in [6.07, 6.45) is 3.14. The van der Waals surface area contributed by atoms with Gasteiger partial charge in [0.25, 0.3) is 0 Å². The molecule has 1 aliphatic heterocycles. The number of carbonyl (C=O) groups is 1. The fourth-order valence-electron chi connectivity index (χ4n) is 3.74. The van der Waals surface area contributed by atoms with Crippen LogP contribution < -0.4 is 0 Å². The Morgan fingerprint density at radius 2 is 1.92 bits per heavy atom. The third kappa shape index (κ3) is 2.83. The molecule has 0 unspecified atom stereocenters. The van der Waals surface area contributed by atoms with E-state index >= 15 is 0 Å². The predicted octanol–water partition coefficient (Wildman–Crippen LogP) is 4.02. The van der Waals surface area contributed by atoms with Gasteiger partial charge in [-0.3, -0.25) is 0 Å². The summed E-state index contributed by atoms with van der Waals surface area (Å²) in [6.45, 7) is 2.52. The molecule has 0 bridgehead atoms. The van der Waals surface area contributed by atoms with Crippen molar-refractivity contribution in [2.45, 2.75) is 19.5 Å². The number of hydrogen-bond acceptors (Lipinski definition) is 3. The molecule has 3 aromatic rings. The number of nitrogens with zero attached hydrogens (tertiary/aromatic N) is 2. The minimum absolute atomic E-state index is 0.381. The number of carboxylic acid groups (broad SMARTS) is 1. The van der Waals surface area contributed by atoms with Gasteiger partial charge in [0.2, 0.25) is 0 Å². The maximum atomic E-state index is 11.6. The second kappa shape index (κ2) is 6.58. The van der Waals surface area contributed by atoms with Gasteiger partial charge in [-0.1, -0.05) is 48.3 Å². The Morgan fingerprint density at radius 3 is 2.72 bits per heavy atom. The molecule has 4 nitrogen and oxygen atoms in total. The smallest absolute Gasteiger partial charge is 0.336 e. The number of rotatable bonds is 4. The number of aromatic carboxylic acids is 1. The van der Waals surface area contributed by atoms with Crippen LogP contribution >= 0.6 is 11.9 Å². The molecule has 0 amide bonds. The molecule has 0 fully saturated rings. The summed E-state index contributed by atoms with van der Waals surface area (Å²) < 4.78 is 4.66. The number of fused-ring (bicyclic) bond motifs is 3. The van der Waals surface area contributed by atoms with E-state index in [1.165, 1.54) is 22.2 Å². The van der Waals surface area contributed by atoms with Gasteiger partial charge in [-0.05, 0) is 35.9 Å². The summed E-state index contributed by atoms with van der Waals surface area (Å²) in [7, 11) is 0. The standard InChI is InChI=1S/C20H20N2O2S/c1-25-21-11-10-17-16-8-4-5-9-18(16)22(19(17)13-21)12-14-6-2-3-7-15(14)20(23)24/h2-9H,10-13H2,1H3,(H,23,24). The van der Waals surface area contributed by atoms with Crippen LogP contribution in [0.15, 0.2) is 48.5 Å². The van der Waals surface area contributed by atoms with Gasteiger partial charge in [-0.25, -0.2) is 9.10 Å². The molecule has 0 saturated carbocycles. The van der Waals surface area contributed by atoms with Crippen molar-refractivity contribution in [3.05, 3.63) is 70.9 Å². The van der Waals surface area contributed by atoms with Crippen molar-refractivity contribution in [2.75, 3.05) is 12.8 Å². The predicted molar refractivity (Wildman–Crippen MR) is 102 cm³/mol. The van der Waals surface area contributed by atoms with Gasteiger partial charge >= 0.3 is 5.97 Å². The zero-order valence-electron chi connectivity index (χ0n) is 14.1. The molecule has 0 aliphatic carbocycles. The van der Waals surface area contributed by atoms with Crippen LogP contribution in [-0.2, 0) is 19.5 Å². The summed E-state index contributed by atoms with van der Waals surface area (Å²) in [4.78, 5) is 11.6. The first-order valence-electron chi connectivity index (χ1n) is 8.38. The monoisotopic (exact) mass is 352 g/mol. The Morgan fingerprint density at radius 1 is 1.16 bits per heavy atom. The minimum atomic E-state index is -0.869. The third-order valence-corrected chi connectivity index (χ3v) is 5.79. The van der Waals surface area contributed by atoms with Crippen molar-refractivity contribution in [2.24, 2.45) is 0 Å². The van der Waals surface area contributed by atoms with E-state index in [4.69, 9.17) is 0 Å². The summed E-state index contributed by atoms with van der Waals surface area (Å²) >= 11 is 1.77. The molecule has 4 rings (SSSR count). The molecule has 1 N–H and O–H groups in total. The minimum Gasteiger partial charge on any atom is -0.478 e. The fraction of sp³-hybridized carbons (Fsp3) is 0.250. The van der Waals surface area contributed by atoms with Crippen LogP contribution in [0.4, 0.5) is 0 Å². The van der Waals surface area contributed by atoms with Gasteiger partial charge in [-0.15, -0.1) is 0 Å². The van der Waals surface area contributed by atoms with Crippen molar-refractivity contribution in [1.29, 1.82) is 0 Å². The Balaban J connectivity index is 1.86. The highest BCUT2D eigenvalue weighted by atomic mass is 32.2. The van der Waals surface area contributed by atoms with E-state index in [2.05, 4.69) is 39.4 Å². The Bertz CT molecular complexity index is 948. The second-order valence-electron chi connectivity index (χ2n) is 6.29. The first-order valence-corrected chi connectivity index (χ1v) is 9.56. The van der Waals surface area contributed by atoms with E-state index in [0.717, 1.165) is 25.1 Å². The summed E-state index contributed by atoms with van der Waals surface area (Å²) in [5.41, 5.74) is 5.14. The lowest BCUT2D eigenvalue weighted by molar-refractivity contribution is 0.0695. The highest BCUT2D eigenvalue weighted by molar-refractivity contribution is 7.96. The van der Waals surface area contributed by atoms with E-state index in [9.17, 15) is 9.90 Å². The first-order chi connectivity index (χ1) is 12.2. The lowest BCUT2D eigenvalue weighted by Gasteiger charge is -2.26. The molecule has 2 aromatic carbocycles. The number of benzene rings is 2. The van der Waals surface area contributed by atoms with E-state index in [0.29, 0.717) is 12.1 Å². The first kappa shape index (κ1) is 16.2. The summed E-state index contributed by atoms with van der Waals surface area (Å²) in [6, 6.07) is 15.8. The van der Waals surface area contributed by atoms with E-state index in [1.54, 1.807) is 24.1 Å². The lowest BCUT2D eigenvalue weighted by Crippen LogP contribution is -2.26. The molecular formula is C20H20N2O2S. The Kier molecular flexibility index (Phi) is 4.27.